The molecule has 0 aliphatic rings. The topological polar surface area (TPSA) is 83.5 Å². The maximum absolute atomic E-state index is 10.5. The number of aliphatic carboxylic acids is 1. The van der Waals surface area contributed by atoms with Gasteiger partial charge in [0, 0.05) is 5.69 Å². The van der Waals surface area contributed by atoms with Crippen molar-refractivity contribution < 1.29 is 15.0 Å². The maximum Gasteiger partial charge on any atom is 0.337 e. The zero-order valence-electron chi connectivity index (χ0n) is 7.19. The molecule has 4 nitrogen and oxygen atoms in total. The van der Waals surface area contributed by atoms with Gasteiger partial charge in [-0.05, 0) is 30.2 Å². The van der Waals surface area contributed by atoms with Gasteiger partial charge in [0.15, 0.2) is 6.10 Å². The Morgan fingerprint density at radius 2 is 2.15 bits per heavy atom. The first-order chi connectivity index (χ1) is 6.02. The van der Waals surface area contributed by atoms with Crippen molar-refractivity contribution in [3.63, 3.8) is 0 Å². The molecule has 0 spiro atoms. The van der Waals surface area contributed by atoms with Gasteiger partial charge >= 0.3 is 5.97 Å². The molecule has 0 saturated heterocycles. The van der Waals surface area contributed by atoms with E-state index in [9.17, 15) is 9.90 Å². The van der Waals surface area contributed by atoms with Gasteiger partial charge in [-0.25, -0.2) is 4.79 Å². The first kappa shape index (κ1) is 9.54. The lowest BCUT2D eigenvalue weighted by Gasteiger charge is -2.09. The number of carboxylic acids is 1. The summed E-state index contributed by atoms with van der Waals surface area (Å²) in [6.45, 7) is 1.72. The smallest absolute Gasteiger partial charge is 0.337 e. The summed E-state index contributed by atoms with van der Waals surface area (Å²) in [4.78, 5) is 10.5. The van der Waals surface area contributed by atoms with Gasteiger partial charge < -0.3 is 15.9 Å². The second kappa shape index (κ2) is 3.45. The second-order valence-electron chi connectivity index (χ2n) is 2.86. The lowest BCUT2D eigenvalue weighted by atomic mass is 10.0. The van der Waals surface area contributed by atoms with Gasteiger partial charge in [0.25, 0.3) is 0 Å². The van der Waals surface area contributed by atoms with Crippen LogP contribution in [0.3, 0.4) is 0 Å². The molecule has 1 aromatic rings. The molecule has 1 unspecified atom stereocenters. The summed E-state index contributed by atoms with van der Waals surface area (Å²) < 4.78 is 0. The summed E-state index contributed by atoms with van der Waals surface area (Å²) in [5, 5.41) is 17.8. The van der Waals surface area contributed by atoms with Crippen molar-refractivity contribution in [2.45, 2.75) is 13.0 Å². The second-order valence-corrected chi connectivity index (χ2v) is 2.86. The van der Waals surface area contributed by atoms with Gasteiger partial charge in [-0.1, -0.05) is 6.07 Å². The number of aliphatic hydroxyl groups is 1. The van der Waals surface area contributed by atoms with Crippen molar-refractivity contribution in [1.29, 1.82) is 0 Å². The van der Waals surface area contributed by atoms with E-state index in [2.05, 4.69) is 0 Å². The summed E-state index contributed by atoms with van der Waals surface area (Å²) in [6.07, 6.45) is -1.50. The molecule has 0 fully saturated rings. The predicted molar refractivity (Wildman–Crippen MR) is 48.2 cm³/mol. The van der Waals surface area contributed by atoms with Crippen LogP contribution >= 0.6 is 0 Å². The molecule has 0 amide bonds. The minimum absolute atomic E-state index is 0.340. The van der Waals surface area contributed by atoms with Gasteiger partial charge in [0.2, 0.25) is 0 Å². The molecule has 1 rings (SSSR count). The number of carboxylic acid groups (broad SMARTS) is 1. The lowest BCUT2D eigenvalue weighted by molar-refractivity contribution is -0.147. The van der Waals surface area contributed by atoms with Crippen LogP contribution in [0, 0.1) is 6.92 Å². The SMILES string of the molecule is Cc1ccc(N)cc1C(O)C(=O)O. The van der Waals surface area contributed by atoms with E-state index in [1.807, 2.05) is 0 Å². The number of hydrogen-bond donors (Lipinski definition) is 3. The number of aliphatic hydroxyl groups excluding tert-OH is 1. The fraction of sp³-hybridized carbons (Fsp3) is 0.222. The van der Waals surface area contributed by atoms with Crippen molar-refractivity contribution >= 4 is 11.7 Å². The molecule has 1 atom stereocenters. The minimum Gasteiger partial charge on any atom is -0.479 e. The number of carbonyl (C=O) groups is 1. The fourth-order valence-electron chi connectivity index (χ4n) is 1.09. The van der Waals surface area contributed by atoms with Gasteiger partial charge in [0.05, 0.1) is 0 Å². The molecule has 0 heterocycles. The van der Waals surface area contributed by atoms with Crippen molar-refractivity contribution in [2.75, 3.05) is 5.73 Å². The van der Waals surface area contributed by atoms with E-state index < -0.39 is 12.1 Å². The summed E-state index contributed by atoms with van der Waals surface area (Å²) in [5.41, 5.74) is 6.96. The third-order valence-electron chi connectivity index (χ3n) is 1.83. The average Bonchev–Trinajstić information content (AvgIpc) is 2.08. The van der Waals surface area contributed by atoms with E-state index in [0.29, 0.717) is 16.8 Å². The Morgan fingerprint density at radius 3 is 2.69 bits per heavy atom. The molecule has 0 aromatic heterocycles. The van der Waals surface area contributed by atoms with Crippen LogP contribution in [-0.4, -0.2) is 16.2 Å². The highest BCUT2D eigenvalue weighted by Crippen LogP contribution is 2.20. The Labute approximate surface area is 75.6 Å². The molecule has 13 heavy (non-hydrogen) atoms. The largest absolute Gasteiger partial charge is 0.479 e. The zero-order valence-corrected chi connectivity index (χ0v) is 7.19. The highest BCUT2D eigenvalue weighted by Gasteiger charge is 2.17. The Morgan fingerprint density at radius 1 is 1.54 bits per heavy atom. The molecule has 1 aromatic carbocycles. The van der Waals surface area contributed by atoms with E-state index in [-0.39, 0.29) is 0 Å². The summed E-state index contributed by atoms with van der Waals surface area (Å²) in [7, 11) is 0. The van der Waals surface area contributed by atoms with Crippen molar-refractivity contribution in [3.8, 4) is 0 Å². The number of nitrogens with two attached hydrogens (primary N) is 1. The van der Waals surface area contributed by atoms with Gasteiger partial charge in [-0.2, -0.15) is 0 Å². The number of rotatable bonds is 2. The lowest BCUT2D eigenvalue weighted by Crippen LogP contribution is -2.12. The van der Waals surface area contributed by atoms with Crippen molar-refractivity contribution in [3.05, 3.63) is 29.3 Å². The average molecular weight is 181 g/mol. The predicted octanol–water partition coefficient (Wildman–Crippen LogP) is 0.695. The van der Waals surface area contributed by atoms with Crippen LogP contribution < -0.4 is 5.73 Å². The number of anilines is 1. The third-order valence-corrected chi connectivity index (χ3v) is 1.83. The Balaban J connectivity index is 3.12. The van der Waals surface area contributed by atoms with Crippen LogP contribution in [0.4, 0.5) is 5.69 Å². The van der Waals surface area contributed by atoms with Crippen LogP contribution in [0.25, 0.3) is 0 Å². The summed E-state index contributed by atoms with van der Waals surface area (Å²) in [6, 6.07) is 4.80. The van der Waals surface area contributed by atoms with Crippen molar-refractivity contribution in [2.24, 2.45) is 0 Å². The molecular weight excluding hydrogens is 170 g/mol. The molecule has 0 radical (unpaired) electrons. The minimum atomic E-state index is -1.50. The van der Waals surface area contributed by atoms with Gasteiger partial charge in [0.1, 0.15) is 0 Å². The van der Waals surface area contributed by atoms with E-state index in [0.717, 1.165) is 0 Å². The fourth-order valence-corrected chi connectivity index (χ4v) is 1.09. The molecule has 0 saturated carbocycles. The van der Waals surface area contributed by atoms with E-state index >= 15 is 0 Å². The number of hydrogen-bond acceptors (Lipinski definition) is 3. The molecule has 4 N–H and O–H groups in total. The maximum atomic E-state index is 10.5. The Hall–Kier alpha value is -1.55. The molecule has 4 heteroatoms. The van der Waals surface area contributed by atoms with Crippen molar-refractivity contribution in [1.82, 2.24) is 0 Å². The van der Waals surface area contributed by atoms with E-state index in [4.69, 9.17) is 10.8 Å². The summed E-state index contributed by atoms with van der Waals surface area (Å²) in [5.74, 6) is -1.27. The van der Waals surface area contributed by atoms with Gasteiger partial charge in [-0.15, -0.1) is 0 Å². The Bertz CT molecular complexity index is 336. The molecule has 0 bridgehead atoms. The first-order valence-corrected chi connectivity index (χ1v) is 3.79. The van der Waals surface area contributed by atoms with Crippen LogP contribution in [0.2, 0.25) is 0 Å². The number of nitrogen functional groups attached to an aromatic ring is 1. The molecule has 70 valence electrons. The quantitative estimate of drug-likeness (QED) is 0.586. The molecular formula is C9H11NO3. The van der Waals surface area contributed by atoms with Crippen LogP contribution in [0.5, 0.6) is 0 Å². The zero-order chi connectivity index (χ0) is 10.0. The van der Waals surface area contributed by atoms with E-state index in [1.54, 1.807) is 19.1 Å². The third kappa shape index (κ3) is 1.97. The highest BCUT2D eigenvalue weighted by atomic mass is 16.4. The first-order valence-electron chi connectivity index (χ1n) is 3.79. The van der Waals surface area contributed by atoms with Gasteiger partial charge in [-0.3, -0.25) is 0 Å². The van der Waals surface area contributed by atoms with Crippen LogP contribution in [0.1, 0.15) is 17.2 Å². The monoisotopic (exact) mass is 181 g/mol. The Kier molecular flexibility index (Phi) is 2.53. The van der Waals surface area contributed by atoms with E-state index in [1.165, 1.54) is 6.07 Å². The standard InChI is InChI=1S/C9H11NO3/c1-5-2-3-6(10)4-7(5)8(11)9(12)13/h2-4,8,11H,10H2,1H3,(H,12,13). The molecule has 0 aliphatic carbocycles. The van der Waals surface area contributed by atoms with Crippen LogP contribution in [0.15, 0.2) is 18.2 Å². The molecule has 0 aliphatic heterocycles. The number of benzene rings is 1. The normalized spacial score (nSPS) is 12.5. The number of aryl methyl sites for hydroxylation is 1. The van der Waals surface area contributed by atoms with Crippen LogP contribution in [-0.2, 0) is 4.79 Å². The highest BCUT2D eigenvalue weighted by molar-refractivity contribution is 5.75. The summed E-state index contributed by atoms with van der Waals surface area (Å²) >= 11 is 0.